The number of hydrogen-bond donors (Lipinski definition) is 3. The molecule has 0 radical (unpaired) electrons. The van der Waals surface area contributed by atoms with E-state index in [1.807, 2.05) is 0 Å². The maximum absolute atomic E-state index is 10.9. The Kier molecular flexibility index (Phi) is 2.68. The van der Waals surface area contributed by atoms with E-state index in [-0.39, 0.29) is 10.6 Å². The van der Waals surface area contributed by atoms with Crippen LogP contribution in [0.4, 0.5) is 11.4 Å². The van der Waals surface area contributed by atoms with Gasteiger partial charge in [-0.2, -0.15) is 8.42 Å². The topological polar surface area (TPSA) is 92.4 Å². The predicted molar refractivity (Wildman–Crippen MR) is 55.0 cm³/mol. The predicted octanol–water partition coefficient (Wildman–Crippen LogP) is 0.866. The summed E-state index contributed by atoms with van der Waals surface area (Å²) in [7, 11) is -2.59. The second-order valence-corrected chi connectivity index (χ2v) is 4.32. The molecule has 0 amide bonds. The molecule has 4 N–H and O–H groups in total. The van der Waals surface area contributed by atoms with Crippen molar-refractivity contribution in [1.82, 2.24) is 0 Å². The lowest BCUT2D eigenvalue weighted by Crippen LogP contribution is -2.05. The van der Waals surface area contributed by atoms with Crippen LogP contribution >= 0.6 is 0 Å². The van der Waals surface area contributed by atoms with Crippen LogP contribution in [0.25, 0.3) is 0 Å². The standard InChI is InChI=1S/C8H12N2O3S/c1-5-3-6(9)8(14(11,12)13)4-7(5)10-2/h3-4,10H,9H2,1-2H3,(H,11,12,13). The van der Waals surface area contributed by atoms with Crippen LogP contribution in [0.2, 0.25) is 0 Å². The summed E-state index contributed by atoms with van der Waals surface area (Å²) in [6.07, 6.45) is 0. The van der Waals surface area contributed by atoms with E-state index in [0.717, 1.165) is 5.56 Å². The molecule has 14 heavy (non-hydrogen) atoms. The molecule has 0 aliphatic heterocycles. The largest absolute Gasteiger partial charge is 0.398 e. The van der Waals surface area contributed by atoms with E-state index in [1.54, 1.807) is 14.0 Å². The lowest BCUT2D eigenvalue weighted by atomic mass is 10.2. The van der Waals surface area contributed by atoms with Crippen LogP contribution in [0.5, 0.6) is 0 Å². The number of nitrogens with two attached hydrogens (primary N) is 1. The van der Waals surface area contributed by atoms with Crippen molar-refractivity contribution in [1.29, 1.82) is 0 Å². The van der Waals surface area contributed by atoms with Gasteiger partial charge in [0.15, 0.2) is 0 Å². The monoisotopic (exact) mass is 216 g/mol. The van der Waals surface area contributed by atoms with Crippen molar-refractivity contribution in [3.8, 4) is 0 Å². The molecule has 0 spiro atoms. The number of nitrogens with one attached hydrogen (secondary N) is 1. The number of aryl methyl sites for hydroxylation is 1. The molecule has 0 atom stereocenters. The molecule has 0 aromatic heterocycles. The van der Waals surface area contributed by atoms with Crippen LogP contribution in [0.15, 0.2) is 17.0 Å². The van der Waals surface area contributed by atoms with Gasteiger partial charge in [-0.25, -0.2) is 0 Å². The first-order valence-corrected chi connectivity index (χ1v) is 5.35. The zero-order chi connectivity index (χ0) is 10.9. The molecule has 0 aliphatic carbocycles. The summed E-state index contributed by atoms with van der Waals surface area (Å²) in [5.74, 6) is 0. The van der Waals surface area contributed by atoms with Gasteiger partial charge >= 0.3 is 0 Å². The maximum Gasteiger partial charge on any atom is 0.296 e. The Labute approximate surface area is 82.7 Å². The van der Waals surface area contributed by atoms with Crippen LogP contribution in [0.3, 0.4) is 0 Å². The average molecular weight is 216 g/mol. The molecule has 0 heterocycles. The second kappa shape index (κ2) is 3.47. The second-order valence-electron chi connectivity index (χ2n) is 2.93. The third-order valence-corrected chi connectivity index (χ3v) is 2.81. The molecule has 6 heteroatoms. The zero-order valence-electron chi connectivity index (χ0n) is 7.90. The molecule has 1 aromatic carbocycles. The van der Waals surface area contributed by atoms with Crippen molar-refractivity contribution in [2.75, 3.05) is 18.1 Å². The third-order valence-electron chi connectivity index (χ3n) is 1.90. The highest BCUT2D eigenvalue weighted by Gasteiger charge is 2.15. The van der Waals surface area contributed by atoms with Gasteiger partial charge < -0.3 is 11.1 Å². The van der Waals surface area contributed by atoms with Gasteiger partial charge in [0, 0.05) is 12.7 Å². The fraction of sp³-hybridized carbons (Fsp3) is 0.250. The van der Waals surface area contributed by atoms with E-state index < -0.39 is 10.1 Å². The molecule has 0 fully saturated rings. The van der Waals surface area contributed by atoms with Crippen LogP contribution in [-0.4, -0.2) is 20.0 Å². The minimum Gasteiger partial charge on any atom is -0.398 e. The first kappa shape index (κ1) is 10.8. The molecule has 0 saturated heterocycles. The van der Waals surface area contributed by atoms with Crippen molar-refractivity contribution in [3.63, 3.8) is 0 Å². The molecule has 0 aliphatic rings. The lowest BCUT2D eigenvalue weighted by Gasteiger charge is -2.09. The summed E-state index contributed by atoms with van der Waals surface area (Å²) < 4.78 is 30.6. The molecule has 0 bridgehead atoms. The summed E-state index contributed by atoms with van der Waals surface area (Å²) in [6, 6.07) is 2.80. The van der Waals surface area contributed by atoms with E-state index in [9.17, 15) is 8.42 Å². The molecular weight excluding hydrogens is 204 g/mol. The van der Waals surface area contributed by atoms with E-state index in [1.165, 1.54) is 12.1 Å². The van der Waals surface area contributed by atoms with Crippen molar-refractivity contribution < 1.29 is 13.0 Å². The van der Waals surface area contributed by atoms with E-state index in [0.29, 0.717) is 5.69 Å². The highest BCUT2D eigenvalue weighted by molar-refractivity contribution is 7.86. The van der Waals surface area contributed by atoms with Gasteiger partial charge in [-0.3, -0.25) is 4.55 Å². The Morgan fingerprint density at radius 2 is 2.00 bits per heavy atom. The Morgan fingerprint density at radius 3 is 2.43 bits per heavy atom. The van der Waals surface area contributed by atoms with Crippen molar-refractivity contribution in [3.05, 3.63) is 17.7 Å². The number of rotatable bonds is 2. The molecule has 5 nitrogen and oxygen atoms in total. The minimum atomic E-state index is -4.25. The van der Waals surface area contributed by atoms with Crippen LogP contribution in [-0.2, 0) is 10.1 Å². The summed E-state index contributed by atoms with van der Waals surface area (Å²) in [6.45, 7) is 1.79. The van der Waals surface area contributed by atoms with Gasteiger partial charge in [0.25, 0.3) is 10.1 Å². The minimum absolute atomic E-state index is 0.0454. The SMILES string of the molecule is CNc1cc(S(=O)(=O)O)c(N)cc1C. The number of hydrogen-bond acceptors (Lipinski definition) is 4. The van der Waals surface area contributed by atoms with Gasteiger partial charge in [-0.15, -0.1) is 0 Å². The van der Waals surface area contributed by atoms with Crippen molar-refractivity contribution >= 4 is 21.5 Å². The normalized spacial score (nSPS) is 11.4. The van der Waals surface area contributed by atoms with Gasteiger partial charge in [0.05, 0.1) is 5.69 Å². The number of benzene rings is 1. The van der Waals surface area contributed by atoms with Gasteiger partial charge in [0.1, 0.15) is 4.90 Å². The Balaban J connectivity index is 3.47. The molecule has 78 valence electrons. The molecule has 0 unspecified atom stereocenters. The Hall–Kier alpha value is -1.27. The number of anilines is 2. The smallest absolute Gasteiger partial charge is 0.296 e. The fourth-order valence-electron chi connectivity index (χ4n) is 1.20. The molecule has 1 rings (SSSR count). The first-order chi connectivity index (χ1) is 6.36. The van der Waals surface area contributed by atoms with Crippen LogP contribution in [0.1, 0.15) is 5.56 Å². The highest BCUT2D eigenvalue weighted by atomic mass is 32.2. The van der Waals surface area contributed by atoms with Gasteiger partial charge in [0.2, 0.25) is 0 Å². The quantitative estimate of drug-likeness (QED) is 0.504. The van der Waals surface area contributed by atoms with Crippen LogP contribution < -0.4 is 11.1 Å². The average Bonchev–Trinajstić information content (AvgIpc) is 2.02. The van der Waals surface area contributed by atoms with E-state index >= 15 is 0 Å². The Morgan fingerprint density at radius 1 is 1.43 bits per heavy atom. The molecule has 0 saturated carbocycles. The fourth-order valence-corrected chi connectivity index (χ4v) is 1.83. The third kappa shape index (κ3) is 1.97. The maximum atomic E-state index is 10.9. The van der Waals surface area contributed by atoms with Crippen molar-refractivity contribution in [2.24, 2.45) is 0 Å². The zero-order valence-corrected chi connectivity index (χ0v) is 8.72. The lowest BCUT2D eigenvalue weighted by molar-refractivity contribution is 0.483. The number of nitrogen functional groups attached to an aromatic ring is 1. The summed E-state index contributed by atoms with van der Waals surface area (Å²) in [4.78, 5) is -0.271. The van der Waals surface area contributed by atoms with E-state index in [2.05, 4.69) is 5.32 Å². The summed E-state index contributed by atoms with van der Waals surface area (Å²) >= 11 is 0. The summed E-state index contributed by atoms with van der Waals surface area (Å²) in [5, 5.41) is 2.80. The Bertz CT molecular complexity index is 454. The van der Waals surface area contributed by atoms with Gasteiger partial charge in [-0.05, 0) is 24.6 Å². The molecular formula is C8H12N2O3S. The summed E-state index contributed by atoms with van der Waals surface area (Å²) in [5.41, 5.74) is 6.94. The van der Waals surface area contributed by atoms with E-state index in [4.69, 9.17) is 10.3 Å². The first-order valence-electron chi connectivity index (χ1n) is 3.91. The van der Waals surface area contributed by atoms with Crippen molar-refractivity contribution in [2.45, 2.75) is 11.8 Å². The molecule has 1 aromatic rings. The van der Waals surface area contributed by atoms with Gasteiger partial charge in [-0.1, -0.05) is 0 Å². The van der Waals surface area contributed by atoms with Crippen LogP contribution in [0, 0.1) is 6.92 Å². The highest BCUT2D eigenvalue weighted by Crippen LogP contribution is 2.25.